The highest BCUT2D eigenvalue weighted by molar-refractivity contribution is 6.05. The van der Waals surface area contributed by atoms with Gasteiger partial charge in [-0.25, -0.2) is 0 Å². The van der Waals surface area contributed by atoms with Gasteiger partial charge in [-0.15, -0.1) is 0 Å². The lowest BCUT2D eigenvalue weighted by Crippen LogP contribution is -2.39. The predicted molar refractivity (Wildman–Crippen MR) is 59.8 cm³/mol. The molecule has 0 aromatic rings. The standard InChI is InChI=1S/C11H19N3O2/c1-2-14-4-3-8(7-14)6-12-9-5-10(15)13-11(9)16/h8-9,12H,2-7H2,1H3,(H,13,15,16). The van der Waals surface area contributed by atoms with E-state index >= 15 is 0 Å². The lowest BCUT2D eigenvalue weighted by Gasteiger charge is -2.15. The molecule has 2 atom stereocenters. The molecular weight excluding hydrogens is 206 g/mol. The Bertz CT molecular complexity index is 293. The first-order valence-corrected chi connectivity index (χ1v) is 5.98. The summed E-state index contributed by atoms with van der Waals surface area (Å²) in [4.78, 5) is 24.7. The molecule has 0 aromatic carbocycles. The van der Waals surface area contributed by atoms with Crippen molar-refractivity contribution in [2.45, 2.75) is 25.8 Å². The molecular formula is C11H19N3O2. The maximum absolute atomic E-state index is 11.3. The summed E-state index contributed by atoms with van der Waals surface area (Å²) in [6.45, 7) is 6.35. The lowest BCUT2D eigenvalue weighted by atomic mass is 10.1. The molecule has 5 nitrogen and oxygen atoms in total. The molecule has 2 rings (SSSR count). The molecule has 2 fully saturated rings. The molecule has 0 bridgehead atoms. The zero-order valence-electron chi connectivity index (χ0n) is 9.66. The number of nitrogens with one attached hydrogen (secondary N) is 2. The van der Waals surface area contributed by atoms with Crippen LogP contribution in [0.15, 0.2) is 0 Å². The first-order chi connectivity index (χ1) is 7.69. The molecule has 2 aliphatic rings. The van der Waals surface area contributed by atoms with Crippen LogP contribution in [0.5, 0.6) is 0 Å². The van der Waals surface area contributed by atoms with Gasteiger partial charge in [0.05, 0.1) is 12.5 Å². The van der Waals surface area contributed by atoms with Gasteiger partial charge in [-0.05, 0) is 32.0 Å². The van der Waals surface area contributed by atoms with Crippen LogP contribution < -0.4 is 10.6 Å². The normalized spacial score (nSPS) is 31.1. The average Bonchev–Trinajstić information content (AvgIpc) is 2.82. The lowest BCUT2D eigenvalue weighted by molar-refractivity contribution is -0.125. The van der Waals surface area contributed by atoms with E-state index in [-0.39, 0.29) is 17.9 Å². The molecule has 2 unspecified atom stereocenters. The van der Waals surface area contributed by atoms with Gasteiger partial charge in [0.1, 0.15) is 0 Å². The Morgan fingerprint density at radius 1 is 1.50 bits per heavy atom. The van der Waals surface area contributed by atoms with Gasteiger partial charge >= 0.3 is 0 Å². The van der Waals surface area contributed by atoms with Gasteiger partial charge < -0.3 is 10.2 Å². The second-order valence-corrected chi connectivity index (χ2v) is 4.63. The number of hydrogen-bond acceptors (Lipinski definition) is 4. The fourth-order valence-electron chi connectivity index (χ4n) is 2.39. The van der Waals surface area contributed by atoms with Crippen LogP contribution in [0.4, 0.5) is 0 Å². The Morgan fingerprint density at radius 3 is 2.88 bits per heavy atom. The summed E-state index contributed by atoms with van der Waals surface area (Å²) in [5, 5.41) is 5.50. The first kappa shape index (κ1) is 11.5. The number of carbonyl (C=O) groups is 2. The Morgan fingerprint density at radius 2 is 2.31 bits per heavy atom. The van der Waals surface area contributed by atoms with E-state index in [4.69, 9.17) is 0 Å². The largest absolute Gasteiger partial charge is 0.305 e. The molecule has 0 aliphatic carbocycles. The fraction of sp³-hybridized carbons (Fsp3) is 0.818. The van der Waals surface area contributed by atoms with Crippen molar-refractivity contribution in [2.24, 2.45) is 5.92 Å². The van der Waals surface area contributed by atoms with Crippen molar-refractivity contribution < 1.29 is 9.59 Å². The number of hydrogen-bond donors (Lipinski definition) is 2. The Balaban J connectivity index is 1.72. The third-order valence-electron chi connectivity index (χ3n) is 3.44. The van der Waals surface area contributed by atoms with Crippen molar-refractivity contribution in [1.29, 1.82) is 0 Å². The van der Waals surface area contributed by atoms with E-state index in [0.717, 1.165) is 26.2 Å². The summed E-state index contributed by atoms with van der Waals surface area (Å²) in [5.41, 5.74) is 0. The van der Waals surface area contributed by atoms with E-state index < -0.39 is 0 Å². The topological polar surface area (TPSA) is 61.4 Å². The van der Waals surface area contributed by atoms with E-state index in [1.165, 1.54) is 6.42 Å². The van der Waals surface area contributed by atoms with E-state index in [1.54, 1.807) is 0 Å². The predicted octanol–water partition coefficient (Wildman–Crippen LogP) is -0.667. The second-order valence-electron chi connectivity index (χ2n) is 4.63. The zero-order valence-corrected chi connectivity index (χ0v) is 9.66. The molecule has 2 amide bonds. The fourth-order valence-corrected chi connectivity index (χ4v) is 2.39. The third-order valence-corrected chi connectivity index (χ3v) is 3.44. The van der Waals surface area contributed by atoms with Gasteiger partial charge in [0.2, 0.25) is 11.8 Å². The minimum atomic E-state index is -0.303. The number of imide groups is 1. The van der Waals surface area contributed by atoms with Crippen molar-refractivity contribution in [3.8, 4) is 0 Å². The highest BCUT2D eigenvalue weighted by atomic mass is 16.2. The van der Waals surface area contributed by atoms with Crippen molar-refractivity contribution in [3.05, 3.63) is 0 Å². The quantitative estimate of drug-likeness (QED) is 0.623. The van der Waals surface area contributed by atoms with Crippen LogP contribution in [0.2, 0.25) is 0 Å². The van der Waals surface area contributed by atoms with Crippen LogP contribution in [0, 0.1) is 5.92 Å². The minimum Gasteiger partial charge on any atom is -0.305 e. The molecule has 2 N–H and O–H groups in total. The molecule has 2 saturated heterocycles. The smallest absolute Gasteiger partial charge is 0.244 e. The zero-order chi connectivity index (χ0) is 11.5. The summed E-state index contributed by atoms with van der Waals surface area (Å²) in [7, 11) is 0. The average molecular weight is 225 g/mol. The number of likely N-dealkylation sites (tertiary alicyclic amines) is 1. The number of carbonyl (C=O) groups excluding carboxylic acids is 2. The molecule has 0 aromatic heterocycles. The van der Waals surface area contributed by atoms with Gasteiger partial charge in [0.25, 0.3) is 0 Å². The van der Waals surface area contributed by atoms with E-state index in [1.807, 2.05) is 0 Å². The molecule has 2 heterocycles. The number of rotatable bonds is 4. The minimum absolute atomic E-state index is 0.163. The third kappa shape index (κ3) is 2.59. The molecule has 90 valence electrons. The SMILES string of the molecule is CCN1CCC(CNC2CC(=O)NC2=O)C1. The summed E-state index contributed by atoms with van der Waals surface area (Å²) in [6.07, 6.45) is 1.48. The summed E-state index contributed by atoms with van der Waals surface area (Å²) in [5.74, 6) is 0.280. The van der Waals surface area contributed by atoms with Crippen molar-refractivity contribution in [2.75, 3.05) is 26.2 Å². The Kier molecular flexibility index (Phi) is 3.56. The van der Waals surface area contributed by atoms with Crippen molar-refractivity contribution in [3.63, 3.8) is 0 Å². The van der Waals surface area contributed by atoms with Crippen molar-refractivity contribution in [1.82, 2.24) is 15.5 Å². The van der Waals surface area contributed by atoms with E-state index in [2.05, 4.69) is 22.5 Å². The van der Waals surface area contributed by atoms with Crippen LogP contribution in [-0.4, -0.2) is 48.9 Å². The van der Waals surface area contributed by atoms with Gasteiger partial charge in [0, 0.05) is 6.54 Å². The van der Waals surface area contributed by atoms with Gasteiger partial charge in [-0.2, -0.15) is 0 Å². The van der Waals surface area contributed by atoms with Crippen LogP contribution in [0.1, 0.15) is 19.8 Å². The van der Waals surface area contributed by atoms with Crippen LogP contribution in [-0.2, 0) is 9.59 Å². The summed E-state index contributed by atoms with van der Waals surface area (Å²) in [6, 6.07) is -0.303. The monoisotopic (exact) mass is 225 g/mol. The van der Waals surface area contributed by atoms with Gasteiger partial charge in [0.15, 0.2) is 0 Å². The molecule has 16 heavy (non-hydrogen) atoms. The molecule has 5 heteroatoms. The number of amides is 2. The second kappa shape index (κ2) is 4.93. The van der Waals surface area contributed by atoms with Crippen LogP contribution in [0.3, 0.4) is 0 Å². The molecule has 0 saturated carbocycles. The Hall–Kier alpha value is -0.940. The highest BCUT2D eigenvalue weighted by Crippen LogP contribution is 2.15. The summed E-state index contributed by atoms with van der Waals surface area (Å²) < 4.78 is 0. The van der Waals surface area contributed by atoms with E-state index in [9.17, 15) is 9.59 Å². The highest BCUT2D eigenvalue weighted by Gasteiger charge is 2.31. The first-order valence-electron chi connectivity index (χ1n) is 5.98. The summed E-state index contributed by atoms with van der Waals surface area (Å²) >= 11 is 0. The van der Waals surface area contributed by atoms with Crippen LogP contribution in [0.25, 0.3) is 0 Å². The van der Waals surface area contributed by atoms with Gasteiger partial charge in [-0.3, -0.25) is 14.9 Å². The molecule has 0 spiro atoms. The molecule has 0 radical (unpaired) electrons. The Labute approximate surface area is 95.6 Å². The van der Waals surface area contributed by atoms with Crippen LogP contribution >= 0.6 is 0 Å². The molecule has 2 aliphatic heterocycles. The maximum atomic E-state index is 11.3. The number of nitrogens with zero attached hydrogens (tertiary/aromatic N) is 1. The van der Waals surface area contributed by atoms with E-state index in [0.29, 0.717) is 12.3 Å². The van der Waals surface area contributed by atoms with Crippen molar-refractivity contribution >= 4 is 11.8 Å². The van der Waals surface area contributed by atoms with Gasteiger partial charge in [-0.1, -0.05) is 6.92 Å². The maximum Gasteiger partial charge on any atom is 0.244 e.